The van der Waals surface area contributed by atoms with Gasteiger partial charge in [0, 0.05) is 12.3 Å². The molecule has 2 fully saturated rings. The van der Waals surface area contributed by atoms with Gasteiger partial charge in [-0.05, 0) is 37.5 Å². The number of fused-ring (bicyclic) bond motifs is 2. The molecule has 5 atom stereocenters. The molecule has 25 heavy (non-hydrogen) atoms. The highest BCUT2D eigenvalue weighted by atomic mass is 16.5. The fraction of sp³-hybridized carbons (Fsp3) is 0.857. The molecule has 4 heteroatoms. The third-order valence-electron chi connectivity index (χ3n) is 5.93. The number of carboxylic acids is 1. The number of aliphatic hydroxyl groups is 1. The zero-order valence-electron chi connectivity index (χ0n) is 15.7. The van der Waals surface area contributed by atoms with E-state index in [4.69, 9.17) is 9.84 Å². The molecule has 1 aliphatic carbocycles. The maximum Gasteiger partial charge on any atom is 0.303 e. The Morgan fingerprint density at radius 3 is 2.76 bits per heavy atom. The Kier molecular flexibility index (Phi) is 8.97. The van der Waals surface area contributed by atoms with E-state index in [9.17, 15) is 9.90 Å². The molecular weight excluding hydrogens is 316 g/mol. The Bertz CT molecular complexity index is 420. The Morgan fingerprint density at radius 1 is 1.20 bits per heavy atom. The topological polar surface area (TPSA) is 66.8 Å². The molecule has 2 bridgehead atoms. The summed E-state index contributed by atoms with van der Waals surface area (Å²) in [5, 5.41) is 18.8. The maximum atomic E-state index is 10.5. The average Bonchev–Trinajstić information content (AvgIpc) is 3.17. The minimum Gasteiger partial charge on any atom is -0.481 e. The van der Waals surface area contributed by atoms with Crippen molar-refractivity contribution in [3.05, 3.63) is 12.2 Å². The van der Waals surface area contributed by atoms with Gasteiger partial charge in [0.1, 0.15) is 0 Å². The predicted molar refractivity (Wildman–Crippen MR) is 99.5 cm³/mol. The zero-order chi connectivity index (χ0) is 18.1. The number of carboxylic acid groups (broad SMARTS) is 1. The van der Waals surface area contributed by atoms with E-state index >= 15 is 0 Å². The third-order valence-corrected chi connectivity index (χ3v) is 5.93. The fourth-order valence-electron chi connectivity index (χ4n) is 4.50. The van der Waals surface area contributed by atoms with Gasteiger partial charge in [-0.1, -0.05) is 57.6 Å². The van der Waals surface area contributed by atoms with E-state index in [0.29, 0.717) is 30.3 Å². The van der Waals surface area contributed by atoms with Crippen molar-refractivity contribution in [3.63, 3.8) is 0 Å². The van der Waals surface area contributed by atoms with Crippen molar-refractivity contribution in [3.8, 4) is 0 Å². The highest BCUT2D eigenvalue weighted by molar-refractivity contribution is 5.66. The third kappa shape index (κ3) is 6.74. The molecule has 0 amide bonds. The van der Waals surface area contributed by atoms with Gasteiger partial charge in [-0.25, -0.2) is 0 Å². The second kappa shape index (κ2) is 11.0. The lowest BCUT2D eigenvalue weighted by Gasteiger charge is -2.29. The Balaban J connectivity index is 1.71. The molecule has 1 saturated carbocycles. The standard InChI is InChI=1S/C21H36O4/c1-2-3-6-9-17(22)12-13-19-18(16-14-20(19)25-15-16)10-7-4-5-8-11-21(23)24/h12-13,16-20,22H,2-11,14-15H2,1H3,(H,23,24)/b13-12+/t16-,17+,18+,19-,20+/m1/s1. The van der Waals surface area contributed by atoms with Crippen LogP contribution in [0.2, 0.25) is 0 Å². The van der Waals surface area contributed by atoms with E-state index in [1.54, 1.807) is 0 Å². The first-order chi connectivity index (χ1) is 12.1. The van der Waals surface area contributed by atoms with Crippen LogP contribution in [0.4, 0.5) is 0 Å². The average molecular weight is 353 g/mol. The molecule has 0 spiro atoms. The van der Waals surface area contributed by atoms with E-state index in [1.165, 1.54) is 32.1 Å². The van der Waals surface area contributed by atoms with Gasteiger partial charge in [0.15, 0.2) is 0 Å². The molecule has 2 aliphatic rings. The highest BCUT2D eigenvalue weighted by Crippen LogP contribution is 2.47. The molecule has 2 rings (SSSR count). The molecule has 0 radical (unpaired) electrons. The number of carbonyl (C=O) groups is 1. The van der Waals surface area contributed by atoms with Gasteiger partial charge in [0.25, 0.3) is 0 Å². The quantitative estimate of drug-likeness (QED) is 0.377. The first-order valence-electron chi connectivity index (χ1n) is 10.3. The molecule has 0 aromatic rings. The number of unbranched alkanes of at least 4 members (excludes halogenated alkanes) is 5. The Labute approximate surface area is 152 Å². The van der Waals surface area contributed by atoms with Gasteiger partial charge in [-0.15, -0.1) is 0 Å². The first kappa shape index (κ1) is 20.4. The predicted octanol–water partition coefficient (Wildman–Crippen LogP) is 4.56. The summed E-state index contributed by atoms with van der Waals surface area (Å²) < 4.78 is 5.90. The normalized spacial score (nSPS) is 29.5. The first-order valence-corrected chi connectivity index (χ1v) is 10.3. The number of aliphatic hydroxyl groups excluding tert-OH is 1. The highest BCUT2D eigenvalue weighted by Gasteiger charge is 2.46. The molecule has 1 aliphatic heterocycles. The van der Waals surface area contributed by atoms with Crippen LogP contribution in [-0.4, -0.2) is 35.0 Å². The molecule has 0 unspecified atom stereocenters. The SMILES string of the molecule is CCCCC[C@H](O)/C=C/[C@@H]1[C@@H](CCCCCCC(=O)O)[C@H]2CO[C@H]1C2. The summed E-state index contributed by atoms with van der Waals surface area (Å²) in [6.07, 6.45) is 15.4. The van der Waals surface area contributed by atoms with Crippen molar-refractivity contribution in [2.24, 2.45) is 17.8 Å². The van der Waals surface area contributed by atoms with Crippen LogP contribution in [0.15, 0.2) is 12.2 Å². The van der Waals surface area contributed by atoms with Crippen LogP contribution in [-0.2, 0) is 9.53 Å². The maximum absolute atomic E-state index is 10.5. The summed E-state index contributed by atoms with van der Waals surface area (Å²) in [4.78, 5) is 10.5. The van der Waals surface area contributed by atoms with Crippen LogP contribution in [0.5, 0.6) is 0 Å². The molecular formula is C21H36O4. The van der Waals surface area contributed by atoms with E-state index in [1.807, 2.05) is 6.08 Å². The van der Waals surface area contributed by atoms with Crippen LogP contribution in [0.25, 0.3) is 0 Å². The van der Waals surface area contributed by atoms with Crippen LogP contribution in [0, 0.1) is 17.8 Å². The van der Waals surface area contributed by atoms with Crippen LogP contribution in [0.3, 0.4) is 0 Å². The summed E-state index contributed by atoms with van der Waals surface area (Å²) in [6, 6.07) is 0. The molecule has 144 valence electrons. The van der Waals surface area contributed by atoms with E-state index in [0.717, 1.165) is 38.7 Å². The van der Waals surface area contributed by atoms with Crippen LogP contribution < -0.4 is 0 Å². The van der Waals surface area contributed by atoms with Gasteiger partial charge in [0.2, 0.25) is 0 Å². The minimum atomic E-state index is -0.687. The molecule has 2 N–H and O–H groups in total. The lowest BCUT2D eigenvalue weighted by Crippen LogP contribution is -2.28. The monoisotopic (exact) mass is 352 g/mol. The number of rotatable bonds is 13. The smallest absolute Gasteiger partial charge is 0.303 e. The Hall–Kier alpha value is -0.870. The molecule has 1 saturated heterocycles. The molecule has 1 heterocycles. The van der Waals surface area contributed by atoms with E-state index < -0.39 is 5.97 Å². The van der Waals surface area contributed by atoms with Crippen molar-refractivity contribution in [2.75, 3.05) is 6.61 Å². The zero-order valence-corrected chi connectivity index (χ0v) is 15.7. The fourth-order valence-corrected chi connectivity index (χ4v) is 4.50. The summed E-state index contributed by atoms with van der Waals surface area (Å²) in [5.41, 5.74) is 0. The van der Waals surface area contributed by atoms with E-state index in [2.05, 4.69) is 13.0 Å². The molecule has 0 aromatic heterocycles. The van der Waals surface area contributed by atoms with Gasteiger partial charge in [0.05, 0.1) is 18.8 Å². The summed E-state index contributed by atoms with van der Waals surface area (Å²) in [6.45, 7) is 3.08. The largest absolute Gasteiger partial charge is 0.481 e. The lowest BCUT2D eigenvalue weighted by molar-refractivity contribution is -0.137. The van der Waals surface area contributed by atoms with Gasteiger partial charge in [-0.2, -0.15) is 0 Å². The second-order valence-electron chi connectivity index (χ2n) is 7.90. The molecule has 0 aromatic carbocycles. The number of hydrogen-bond acceptors (Lipinski definition) is 3. The number of ether oxygens (including phenoxy) is 1. The minimum absolute atomic E-state index is 0.295. The van der Waals surface area contributed by atoms with Crippen molar-refractivity contribution in [1.29, 1.82) is 0 Å². The molecule has 4 nitrogen and oxygen atoms in total. The summed E-state index contributed by atoms with van der Waals surface area (Å²) in [7, 11) is 0. The van der Waals surface area contributed by atoms with Crippen LogP contribution in [0.1, 0.15) is 77.6 Å². The van der Waals surface area contributed by atoms with Crippen molar-refractivity contribution in [2.45, 2.75) is 89.8 Å². The van der Waals surface area contributed by atoms with Crippen LogP contribution >= 0.6 is 0 Å². The van der Waals surface area contributed by atoms with Gasteiger partial charge < -0.3 is 14.9 Å². The Morgan fingerprint density at radius 2 is 2.00 bits per heavy atom. The second-order valence-corrected chi connectivity index (χ2v) is 7.90. The van der Waals surface area contributed by atoms with Crippen molar-refractivity contribution >= 4 is 5.97 Å². The van der Waals surface area contributed by atoms with Gasteiger partial charge >= 0.3 is 5.97 Å². The summed E-state index contributed by atoms with van der Waals surface area (Å²) >= 11 is 0. The number of hydrogen-bond donors (Lipinski definition) is 2. The summed E-state index contributed by atoms with van der Waals surface area (Å²) in [5.74, 6) is 1.12. The van der Waals surface area contributed by atoms with Crippen molar-refractivity contribution in [1.82, 2.24) is 0 Å². The van der Waals surface area contributed by atoms with E-state index in [-0.39, 0.29) is 6.10 Å². The van der Waals surface area contributed by atoms with Crippen molar-refractivity contribution < 1.29 is 19.7 Å². The van der Waals surface area contributed by atoms with Gasteiger partial charge in [-0.3, -0.25) is 4.79 Å². The lowest BCUT2D eigenvalue weighted by atomic mass is 9.83. The number of aliphatic carboxylic acids is 1.